The number of hydrogen-bond donors (Lipinski definition) is 2. The maximum absolute atomic E-state index is 13.0. The van der Waals surface area contributed by atoms with Crippen LogP contribution in [0.2, 0.25) is 0 Å². The van der Waals surface area contributed by atoms with Crippen molar-refractivity contribution in [2.45, 2.75) is 33.0 Å². The number of alkyl halides is 3. The Bertz CT molecular complexity index is 950. The molecule has 3 heterocycles. The first-order chi connectivity index (χ1) is 12.1. The van der Waals surface area contributed by atoms with Crippen molar-refractivity contribution >= 4 is 22.7 Å². The normalized spacial score (nSPS) is 14.3. The van der Waals surface area contributed by atoms with Crippen LogP contribution in [-0.4, -0.2) is 26.6 Å². The van der Waals surface area contributed by atoms with Crippen molar-refractivity contribution in [3.8, 4) is 0 Å². The Hall–Kier alpha value is -2.42. The van der Waals surface area contributed by atoms with Gasteiger partial charge in [-0.05, 0) is 42.6 Å². The molecule has 10 heteroatoms. The van der Waals surface area contributed by atoms with Gasteiger partial charge in [0, 0.05) is 37.0 Å². The Kier molecular flexibility index (Phi) is 4.51. The summed E-state index contributed by atoms with van der Waals surface area (Å²) in [4.78, 5) is 5.78. The van der Waals surface area contributed by atoms with Crippen molar-refractivity contribution in [3.05, 3.63) is 45.7 Å². The predicted octanol–water partition coefficient (Wildman–Crippen LogP) is 2.98. The van der Waals surface area contributed by atoms with Gasteiger partial charge in [-0.3, -0.25) is 15.8 Å². The summed E-state index contributed by atoms with van der Waals surface area (Å²) in [6.07, 6.45) is -3.10. The molecule has 0 saturated heterocycles. The number of nitrogens with zero attached hydrogens (tertiary/aromatic N) is 4. The van der Waals surface area contributed by atoms with Gasteiger partial charge in [0.2, 0.25) is 5.29 Å². The highest BCUT2D eigenvalue weighted by molar-refractivity contribution is 6.64. The second kappa shape index (κ2) is 6.39. The van der Waals surface area contributed by atoms with Gasteiger partial charge in [0.05, 0.1) is 5.56 Å². The zero-order valence-electron chi connectivity index (χ0n) is 14.1. The zero-order chi connectivity index (χ0) is 19.2. The van der Waals surface area contributed by atoms with Crippen LogP contribution in [0.25, 0.3) is 0 Å². The molecular formula is C16H16ClF3N6. The smallest absolute Gasteiger partial charge is 0.350 e. The van der Waals surface area contributed by atoms with Crippen molar-refractivity contribution < 1.29 is 13.2 Å². The van der Waals surface area contributed by atoms with Crippen LogP contribution in [0.1, 0.15) is 27.9 Å². The lowest BCUT2D eigenvalue weighted by atomic mass is 10.0. The van der Waals surface area contributed by atoms with E-state index in [0.29, 0.717) is 35.6 Å². The van der Waals surface area contributed by atoms with Crippen LogP contribution in [0.3, 0.4) is 0 Å². The Morgan fingerprint density at radius 1 is 1.27 bits per heavy atom. The highest BCUT2D eigenvalue weighted by Crippen LogP contribution is 2.32. The molecule has 6 nitrogen and oxygen atoms in total. The monoisotopic (exact) mass is 384 g/mol. The molecule has 0 aromatic carbocycles. The van der Waals surface area contributed by atoms with Crippen LogP contribution in [-0.2, 0) is 19.1 Å². The Balaban J connectivity index is 2.04. The minimum absolute atomic E-state index is 0.00434. The summed E-state index contributed by atoms with van der Waals surface area (Å²) >= 11 is 5.71. The number of pyridine rings is 1. The van der Waals surface area contributed by atoms with Gasteiger partial charge in [0.1, 0.15) is 0 Å². The fourth-order valence-electron chi connectivity index (χ4n) is 2.93. The molecule has 0 fully saturated rings. The number of fused-ring (bicyclic) bond motifs is 1. The van der Waals surface area contributed by atoms with Crippen LogP contribution in [0, 0.1) is 24.7 Å². The SMILES string of the molecule is Cc1c(N2CCc3ncc(C(F)(F)F)cc3C2)nn(C(=N)Cl)c(=N)c1C. The largest absolute Gasteiger partial charge is 0.417 e. The average Bonchev–Trinajstić information content (AvgIpc) is 2.58. The van der Waals surface area contributed by atoms with E-state index in [0.717, 1.165) is 22.5 Å². The quantitative estimate of drug-likeness (QED) is 0.586. The summed E-state index contributed by atoms with van der Waals surface area (Å²) in [6.45, 7) is 4.25. The third kappa shape index (κ3) is 3.18. The summed E-state index contributed by atoms with van der Waals surface area (Å²) in [5.41, 5.74) is 1.69. The number of aromatic nitrogens is 3. The first-order valence-electron chi connectivity index (χ1n) is 7.79. The molecular weight excluding hydrogens is 369 g/mol. The molecule has 0 atom stereocenters. The maximum atomic E-state index is 13.0. The molecule has 0 bridgehead atoms. The fourth-order valence-corrected chi connectivity index (χ4v) is 3.05. The number of hydrogen-bond acceptors (Lipinski definition) is 5. The summed E-state index contributed by atoms with van der Waals surface area (Å²) in [5, 5.41) is 19.4. The van der Waals surface area contributed by atoms with Crippen molar-refractivity contribution in [3.63, 3.8) is 0 Å². The van der Waals surface area contributed by atoms with E-state index >= 15 is 0 Å². The van der Waals surface area contributed by atoms with E-state index in [2.05, 4.69) is 10.1 Å². The molecule has 1 aliphatic rings. The molecule has 0 spiro atoms. The zero-order valence-corrected chi connectivity index (χ0v) is 14.8. The number of nitrogens with one attached hydrogen (secondary N) is 2. The Morgan fingerprint density at radius 2 is 1.96 bits per heavy atom. The third-order valence-electron chi connectivity index (χ3n) is 4.51. The lowest BCUT2D eigenvalue weighted by Crippen LogP contribution is -2.37. The number of rotatable bonds is 1. The van der Waals surface area contributed by atoms with Gasteiger partial charge in [0.15, 0.2) is 11.3 Å². The molecule has 0 amide bonds. The summed E-state index contributed by atoms with van der Waals surface area (Å²) in [6, 6.07) is 1.12. The number of anilines is 1. The molecule has 0 unspecified atom stereocenters. The van der Waals surface area contributed by atoms with E-state index in [4.69, 9.17) is 22.4 Å². The van der Waals surface area contributed by atoms with Crippen LogP contribution < -0.4 is 10.4 Å². The van der Waals surface area contributed by atoms with Gasteiger partial charge in [-0.1, -0.05) is 0 Å². The van der Waals surface area contributed by atoms with Crippen molar-refractivity contribution in [2.75, 3.05) is 11.4 Å². The molecule has 2 aromatic heterocycles. The van der Waals surface area contributed by atoms with E-state index < -0.39 is 17.0 Å². The van der Waals surface area contributed by atoms with E-state index in [1.165, 1.54) is 0 Å². The van der Waals surface area contributed by atoms with Crippen molar-refractivity contribution in [1.29, 1.82) is 10.8 Å². The molecule has 3 rings (SSSR count). The Morgan fingerprint density at radius 3 is 2.58 bits per heavy atom. The lowest BCUT2D eigenvalue weighted by molar-refractivity contribution is -0.137. The van der Waals surface area contributed by atoms with E-state index in [9.17, 15) is 13.2 Å². The lowest BCUT2D eigenvalue weighted by Gasteiger charge is -2.31. The highest BCUT2D eigenvalue weighted by Gasteiger charge is 2.32. The summed E-state index contributed by atoms with van der Waals surface area (Å²) in [5.74, 6) is 0.493. The van der Waals surface area contributed by atoms with Gasteiger partial charge in [0.25, 0.3) is 0 Å². The van der Waals surface area contributed by atoms with Gasteiger partial charge >= 0.3 is 6.18 Å². The van der Waals surface area contributed by atoms with Gasteiger partial charge in [-0.15, -0.1) is 5.10 Å². The van der Waals surface area contributed by atoms with Crippen LogP contribution in [0.15, 0.2) is 12.3 Å². The molecule has 138 valence electrons. The Labute approximate surface area is 152 Å². The molecule has 0 radical (unpaired) electrons. The van der Waals surface area contributed by atoms with E-state index in [1.807, 2.05) is 4.90 Å². The van der Waals surface area contributed by atoms with Crippen LogP contribution in [0.5, 0.6) is 0 Å². The fraction of sp³-hybridized carbons (Fsp3) is 0.375. The first kappa shape index (κ1) is 18.4. The topological polar surface area (TPSA) is 81.7 Å². The molecule has 2 N–H and O–H groups in total. The summed E-state index contributed by atoms with van der Waals surface area (Å²) < 4.78 is 39.9. The van der Waals surface area contributed by atoms with Crippen molar-refractivity contribution in [1.82, 2.24) is 14.8 Å². The summed E-state index contributed by atoms with van der Waals surface area (Å²) in [7, 11) is 0. The molecule has 26 heavy (non-hydrogen) atoms. The second-order valence-electron chi connectivity index (χ2n) is 6.12. The van der Waals surface area contributed by atoms with E-state index in [-0.39, 0.29) is 12.0 Å². The van der Waals surface area contributed by atoms with Gasteiger partial charge in [-0.25, -0.2) is 0 Å². The average molecular weight is 385 g/mol. The van der Waals surface area contributed by atoms with Crippen LogP contribution >= 0.6 is 11.6 Å². The standard InChI is InChI=1S/C16H16ClF3N6/c1-8-9(2)14(24-26(13(8)21)15(17)22)25-4-3-12-10(7-25)5-11(6-23-12)16(18,19)20/h5-6,21-22H,3-4,7H2,1-2H3. The minimum Gasteiger partial charge on any atom is -0.350 e. The number of halogens is 4. The molecule has 2 aromatic rings. The van der Waals surface area contributed by atoms with Gasteiger partial charge < -0.3 is 4.90 Å². The second-order valence-corrected chi connectivity index (χ2v) is 6.48. The van der Waals surface area contributed by atoms with Crippen molar-refractivity contribution in [2.24, 2.45) is 0 Å². The van der Waals surface area contributed by atoms with E-state index in [1.54, 1.807) is 13.8 Å². The molecule has 1 aliphatic heterocycles. The highest BCUT2D eigenvalue weighted by atomic mass is 35.5. The molecule has 0 saturated carbocycles. The molecule has 0 aliphatic carbocycles. The predicted molar refractivity (Wildman–Crippen MR) is 90.5 cm³/mol. The van der Waals surface area contributed by atoms with Crippen LogP contribution in [0.4, 0.5) is 19.0 Å². The minimum atomic E-state index is -4.45. The van der Waals surface area contributed by atoms with Gasteiger partial charge in [-0.2, -0.15) is 17.9 Å². The maximum Gasteiger partial charge on any atom is 0.417 e. The first-order valence-corrected chi connectivity index (χ1v) is 8.17. The third-order valence-corrected chi connectivity index (χ3v) is 4.67.